The highest BCUT2D eigenvalue weighted by Gasteiger charge is 2.14. The first-order chi connectivity index (χ1) is 8.99. The molecule has 2 aromatic carbocycles. The molecule has 0 saturated carbocycles. The maximum absolute atomic E-state index is 13.1. The van der Waals surface area contributed by atoms with Crippen LogP contribution in [0.25, 0.3) is 0 Å². The van der Waals surface area contributed by atoms with E-state index >= 15 is 0 Å². The molecule has 19 heavy (non-hydrogen) atoms. The average molecular weight is 344 g/mol. The quantitative estimate of drug-likeness (QED) is 0.846. The van der Waals surface area contributed by atoms with Gasteiger partial charge in [0.15, 0.2) is 0 Å². The maximum atomic E-state index is 13.1. The zero-order valence-electron chi connectivity index (χ0n) is 10.3. The van der Waals surface area contributed by atoms with Crippen molar-refractivity contribution < 1.29 is 9.50 Å². The van der Waals surface area contributed by atoms with Crippen molar-refractivity contribution >= 4 is 27.5 Å². The fraction of sp³-hybridized carbons (Fsp3) is 0.200. The van der Waals surface area contributed by atoms with Crippen molar-refractivity contribution in [3.05, 3.63) is 68.4 Å². The van der Waals surface area contributed by atoms with Gasteiger partial charge in [-0.05, 0) is 51.7 Å². The van der Waals surface area contributed by atoms with E-state index in [1.165, 1.54) is 6.07 Å². The Hall–Kier alpha value is -0.900. The normalized spacial score (nSPS) is 12.5. The van der Waals surface area contributed by atoms with Crippen molar-refractivity contribution in [1.29, 1.82) is 0 Å². The van der Waals surface area contributed by atoms with Gasteiger partial charge >= 0.3 is 0 Å². The molecular formula is C15H13BrClFO. The van der Waals surface area contributed by atoms with E-state index in [1.54, 1.807) is 18.2 Å². The van der Waals surface area contributed by atoms with Crippen LogP contribution >= 0.6 is 27.5 Å². The second kappa shape index (κ2) is 6.04. The summed E-state index contributed by atoms with van der Waals surface area (Å²) in [5.41, 5.74) is 2.47. The molecule has 2 rings (SSSR count). The molecule has 0 aliphatic rings. The Bertz CT molecular complexity index is 601. The molecule has 1 nitrogen and oxygen atoms in total. The van der Waals surface area contributed by atoms with Crippen molar-refractivity contribution in [1.82, 2.24) is 0 Å². The lowest BCUT2D eigenvalue weighted by atomic mass is 10.00. The minimum absolute atomic E-state index is 0.313. The molecule has 0 fully saturated rings. The van der Waals surface area contributed by atoms with Gasteiger partial charge in [-0.15, -0.1) is 0 Å². The van der Waals surface area contributed by atoms with E-state index in [9.17, 15) is 9.50 Å². The summed E-state index contributed by atoms with van der Waals surface area (Å²) >= 11 is 9.32. The van der Waals surface area contributed by atoms with Crippen LogP contribution in [0.1, 0.15) is 22.8 Å². The summed E-state index contributed by atoms with van der Waals surface area (Å²) in [6.07, 6.45) is -0.313. The Labute approximate surface area is 125 Å². The number of aliphatic hydroxyl groups excluding tert-OH is 1. The highest BCUT2D eigenvalue weighted by Crippen LogP contribution is 2.29. The number of aryl methyl sites for hydroxylation is 1. The number of aliphatic hydroxyl groups is 1. The van der Waals surface area contributed by atoms with Gasteiger partial charge in [0.2, 0.25) is 0 Å². The van der Waals surface area contributed by atoms with Crippen LogP contribution in [0.5, 0.6) is 0 Å². The van der Waals surface area contributed by atoms with E-state index in [-0.39, 0.29) is 5.82 Å². The van der Waals surface area contributed by atoms with Gasteiger partial charge in [0.1, 0.15) is 5.82 Å². The smallest absolute Gasteiger partial charge is 0.137 e. The van der Waals surface area contributed by atoms with Gasteiger partial charge in [0.25, 0.3) is 0 Å². The van der Waals surface area contributed by atoms with Crippen molar-refractivity contribution in [3.8, 4) is 0 Å². The first-order valence-corrected chi connectivity index (χ1v) is 7.03. The number of hydrogen-bond acceptors (Lipinski definition) is 1. The molecule has 0 aliphatic carbocycles. The fourth-order valence-corrected chi connectivity index (χ4v) is 2.61. The molecule has 1 unspecified atom stereocenters. The van der Waals surface area contributed by atoms with Crippen LogP contribution in [0.3, 0.4) is 0 Å². The SMILES string of the molecule is Cc1cccc(C(O)Cc2ccc(F)c(Br)c2)c1Cl. The van der Waals surface area contributed by atoms with Crippen molar-refractivity contribution in [2.24, 2.45) is 0 Å². The molecule has 0 radical (unpaired) electrons. The van der Waals surface area contributed by atoms with E-state index < -0.39 is 6.10 Å². The maximum Gasteiger partial charge on any atom is 0.137 e. The van der Waals surface area contributed by atoms with Crippen LogP contribution in [0.15, 0.2) is 40.9 Å². The summed E-state index contributed by atoms with van der Waals surface area (Å²) in [4.78, 5) is 0. The van der Waals surface area contributed by atoms with Crippen LogP contribution in [0, 0.1) is 12.7 Å². The lowest BCUT2D eigenvalue weighted by Gasteiger charge is -2.14. The van der Waals surface area contributed by atoms with Gasteiger partial charge in [0.05, 0.1) is 10.6 Å². The summed E-state index contributed by atoms with van der Waals surface area (Å²) in [6, 6.07) is 10.3. The largest absolute Gasteiger partial charge is 0.388 e. The second-order valence-electron chi connectivity index (χ2n) is 4.45. The molecule has 4 heteroatoms. The highest BCUT2D eigenvalue weighted by atomic mass is 79.9. The van der Waals surface area contributed by atoms with Crippen LogP contribution in [-0.4, -0.2) is 5.11 Å². The minimum atomic E-state index is -0.704. The van der Waals surface area contributed by atoms with Gasteiger partial charge in [-0.25, -0.2) is 4.39 Å². The summed E-state index contributed by atoms with van der Waals surface area (Å²) in [5.74, 6) is -0.313. The van der Waals surface area contributed by atoms with E-state index in [2.05, 4.69) is 15.9 Å². The highest BCUT2D eigenvalue weighted by molar-refractivity contribution is 9.10. The molecule has 100 valence electrons. The van der Waals surface area contributed by atoms with Crippen molar-refractivity contribution in [3.63, 3.8) is 0 Å². The molecule has 0 bridgehead atoms. The van der Waals surface area contributed by atoms with Gasteiger partial charge in [0, 0.05) is 11.4 Å². The third-order valence-electron chi connectivity index (χ3n) is 2.99. The van der Waals surface area contributed by atoms with E-state index in [0.29, 0.717) is 21.5 Å². The van der Waals surface area contributed by atoms with E-state index in [4.69, 9.17) is 11.6 Å². The van der Waals surface area contributed by atoms with Crippen molar-refractivity contribution in [2.45, 2.75) is 19.4 Å². The summed E-state index contributed by atoms with van der Waals surface area (Å²) < 4.78 is 13.5. The molecule has 0 heterocycles. The first kappa shape index (κ1) is 14.5. The molecular weight excluding hydrogens is 331 g/mol. The predicted molar refractivity (Wildman–Crippen MR) is 79.0 cm³/mol. The van der Waals surface area contributed by atoms with Crippen molar-refractivity contribution in [2.75, 3.05) is 0 Å². The molecule has 1 N–H and O–H groups in total. The summed E-state index contributed by atoms with van der Waals surface area (Å²) in [7, 11) is 0. The van der Waals surface area contributed by atoms with E-state index in [0.717, 1.165) is 11.1 Å². The van der Waals surface area contributed by atoms with Gasteiger partial charge in [-0.3, -0.25) is 0 Å². The summed E-state index contributed by atoms with van der Waals surface area (Å²) in [6.45, 7) is 1.90. The molecule has 0 amide bonds. The fourth-order valence-electron chi connectivity index (χ4n) is 1.93. The lowest BCUT2D eigenvalue weighted by Crippen LogP contribution is -2.03. The van der Waals surface area contributed by atoms with Crippen LogP contribution in [0.2, 0.25) is 5.02 Å². The van der Waals surface area contributed by atoms with Crippen LogP contribution < -0.4 is 0 Å². The van der Waals surface area contributed by atoms with E-state index in [1.807, 2.05) is 19.1 Å². The number of benzene rings is 2. The standard InChI is InChI=1S/C15H13BrClFO/c1-9-3-2-4-11(15(9)17)14(19)8-10-5-6-13(18)12(16)7-10/h2-7,14,19H,8H2,1H3. The topological polar surface area (TPSA) is 20.2 Å². The Morgan fingerprint density at radius 3 is 2.74 bits per heavy atom. The lowest BCUT2D eigenvalue weighted by molar-refractivity contribution is 0.178. The third kappa shape index (κ3) is 3.35. The third-order valence-corrected chi connectivity index (χ3v) is 4.12. The molecule has 2 aromatic rings. The zero-order valence-corrected chi connectivity index (χ0v) is 12.7. The monoisotopic (exact) mass is 342 g/mol. The molecule has 0 spiro atoms. The minimum Gasteiger partial charge on any atom is -0.388 e. The van der Waals surface area contributed by atoms with Gasteiger partial charge in [-0.1, -0.05) is 35.9 Å². The average Bonchev–Trinajstić information content (AvgIpc) is 2.37. The Morgan fingerprint density at radius 2 is 2.05 bits per heavy atom. The summed E-state index contributed by atoms with van der Waals surface area (Å²) in [5, 5.41) is 10.8. The zero-order chi connectivity index (χ0) is 14.0. The van der Waals surface area contributed by atoms with Gasteiger partial charge in [-0.2, -0.15) is 0 Å². The van der Waals surface area contributed by atoms with Gasteiger partial charge < -0.3 is 5.11 Å². The number of rotatable bonds is 3. The Morgan fingerprint density at radius 1 is 1.32 bits per heavy atom. The number of halogens is 3. The predicted octanol–water partition coefficient (Wildman–Crippen LogP) is 4.83. The Kier molecular flexibility index (Phi) is 4.61. The first-order valence-electron chi connectivity index (χ1n) is 5.86. The number of hydrogen-bond donors (Lipinski definition) is 1. The molecule has 0 aliphatic heterocycles. The second-order valence-corrected chi connectivity index (χ2v) is 5.68. The Balaban J connectivity index is 2.23. The molecule has 0 saturated heterocycles. The molecule has 1 atom stereocenters. The van der Waals surface area contributed by atoms with Crippen LogP contribution in [0.4, 0.5) is 4.39 Å². The molecule has 0 aromatic heterocycles. The van der Waals surface area contributed by atoms with Crippen LogP contribution in [-0.2, 0) is 6.42 Å².